The molecule has 1 saturated heterocycles. The molecule has 96 valence electrons. The summed E-state index contributed by atoms with van der Waals surface area (Å²) in [6.07, 6.45) is 9.07. The highest BCUT2D eigenvalue weighted by Crippen LogP contribution is 2.18. The summed E-state index contributed by atoms with van der Waals surface area (Å²) in [5, 5.41) is 3.04. The van der Waals surface area contributed by atoms with Gasteiger partial charge in [0.15, 0.2) is 0 Å². The van der Waals surface area contributed by atoms with E-state index in [4.69, 9.17) is 4.74 Å². The van der Waals surface area contributed by atoms with Gasteiger partial charge in [0.1, 0.15) is 6.04 Å². The van der Waals surface area contributed by atoms with Crippen LogP contribution in [-0.2, 0) is 9.53 Å². The summed E-state index contributed by atoms with van der Waals surface area (Å²) < 4.78 is 5.47. The molecular formula is C13H22N2O2. The first-order valence-electron chi connectivity index (χ1n) is 6.55. The molecule has 0 aromatic heterocycles. The van der Waals surface area contributed by atoms with Crippen LogP contribution in [0.5, 0.6) is 0 Å². The number of carbonyl (C=O) groups excluding carboxylic acids is 1. The summed E-state index contributed by atoms with van der Waals surface area (Å²) in [4.78, 5) is 14.3. The molecule has 0 aromatic rings. The Morgan fingerprint density at radius 1 is 1.47 bits per heavy atom. The lowest BCUT2D eigenvalue weighted by molar-refractivity contribution is -0.134. The van der Waals surface area contributed by atoms with Crippen molar-refractivity contribution in [2.24, 2.45) is 0 Å². The third-order valence-electron chi connectivity index (χ3n) is 3.57. The summed E-state index contributed by atoms with van der Waals surface area (Å²) in [6.45, 7) is 1.85. The summed E-state index contributed by atoms with van der Waals surface area (Å²) in [7, 11) is 1.82. The Labute approximate surface area is 103 Å². The number of hydrogen-bond acceptors (Lipinski definition) is 3. The van der Waals surface area contributed by atoms with Crippen LogP contribution in [0, 0.1) is 0 Å². The maximum Gasteiger partial charge on any atom is 0.242 e. The van der Waals surface area contributed by atoms with Gasteiger partial charge in [0.25, 0.3) is 0 Å². The molecule has 1 fully saturated rings. The molecule has 2 rings (SSSR count). The highest BCUT2D eigenvalue weighted by Gasteiger charge is 2.30. The number of amides is 1. The highest BCUT2D eigenvalue weighted by molar-refractivity contribution is 5.82. The molecular weight excluding hydrogens is 216 g/mol. The van der Waals surface area contributed by atoms with Gasteiger partial charge < -0.3 is 15.0 Å². The van der Waals surface area contributed by atoms with E-state index in [0.717, 1.165) is 12.8 Å². The van der Waals surface area contributed by atoms with E-state index < -0.39 is 0 Å². The molecule has 1 amide bonds. The summed E-state index contributed by atoms with van der Waals surface area (Å²) in [5.74, 6) is 0.182. The van der Waals surface area contributed by atoms with Gasteiger partial charge in [-0.15, -0.1) is 0 Å². The Bertz CT molecular complexity index is 291. The first-order valence-corrected chi connectivity index (χ1v) is 6.55. The zero-order valence-corrected chi connectivity index (χ0v) is 10.5. The quantitative estimate of drug-likeness (QED) is 0.728. The highest BCUT2D eigenvalue weighted by atomic mass is 16.5. The lowest BCUT2D eigenvalue weighted by Crippen LogP contribution is -2.49. The second-order valence-corrected chi connectivity index (χ2v) is 4.73. The molecule has 0 radical (unpaired) electrons. The van der Waals surface area contributed by atoms with Crippen LogP contribution >= 0.6 is 0 Å². The number of ether oxygens (including phenoxy) is 1. The fourth-order valence-electron chi connectivity index (χ4n) is 2.51. The van der Waals surface area contributed by atoms with Gasteiger partial charge in [-0.1, -0.05) is 18.6 Å². The predicted octanol–water partition coefficient (Wildman–Crippen LogP) is 0.932. The molecule has 1 N–H and O–H groups in total. The maximum atomic E-state index is 12.3. The molecule has 2 aliphatic rings. The monoisotopic (exact) mass is 238 g/mol. The minimum absolute atomic E-state index is 0.182. The Morgan fingerprint density at radius 2 is 2.35 bits per heavy atom. The van der Waals surface area contributed by atoms with Crippen LogP contribution in [-0.4, -0.2) is 49.7 Å². The van der Waals surface area contributed by atoms with Crippen LogP contribution in [0.2, 0.25) is 0 Å². The van der Waals surface area contributed by atoms with E-state index in [1.165, 1.54) is 12.8 Å². The van der Waals surface area contributed by atoms with Gasteiger partial charge in [-0.25, -0.2) is 0 Å². The molecule has 2 atom stereocenters. The molecule has 1 heterocycles. The van der Waals surface area contributed by atoms with E-state index in [-0.39, 0.29) is 18.0 Å². The third kappa shape index (κ3) is 3.07. The molecule has 4 heteroatoms. The molecule has 0 bridgehead atoms. The fourth-order valence-corrected chi connectivity index (χ4v) is 2.51. The predicted molar refractivity (Wildman–Crippen MR) is 66.8 cm³/mol. The number of nitrogens with zero attached hydrogens (tertiary/aromatic N) is 1. The first-order chi connectivity index (χ1) is 8.33. The largest absolute Gasteiger partial charge is 0.377 e. The Kier molecular flexibility index (Phi) is 4.57. The number of likely N-dealkylation sites (N-methyl/N-ethyl adjacent to an activating group) is 1. The number of allylic oxidation sites excluding steroid dienone is 1. The molecule has 0 aromatic carbocycles. The van der Waals surface area contributed by atoms with Gasteiger partial charge in [0.2, 0.25) is 5.91 Å². The van der Waals surface area contributed by atoms with Crippen LogP contribution < -0.4 is 5.32 Å². The number of carbonyl (C=O) groups is 1. The van der Waals surface area contributed by atoms with Gasteiger partial charge in [-0.3, -0.25) is 4.79 Å². The van der Waals surface area contributed by atoms with E-state index in [2.05, 4.69) is 17.5 Å². The SMILES string of the molecule is CNC1COCCN(C2C=CCCCC2)C1=O. The number of hydrogen-bond donors (Lipinski definition) is 1. The van der Waals surface area contributed by atoms with E-state index in [1.807, 2.05) is 11.9 Å². The normalized spacial score (nSPS) is 31.1. The topological polar surface area (TPSA) is 41.6 Å². The molecule has 2 unspecified atom stereocenters. The molecule has 17 heavy (non-hydrogen) atoms. The van der Waals surface area contributed by atoms with Crippen molar-refractivity contribution in [3.63, 3.8) is 0 Å². The van der Waals surface area contributed by atoms with Gasteiger partial charge >= 0.3 is 0 Å². The standard InChI is InChI=1S/C13H22N2O2/c1-14-12-10-17-9-8-15(13(12)16)11-6-4-2-3-5-7-11/h4,6,11-12,14H,2-3,5,7-10H2,1H3. The van der Waals surface area contributed by atoms with E-state index in [0.29, 0.717) is 19.8 Å². The molecule has 0 spiro atoms. The maximum absolute atomic E-state index is 12.3. The van der Waals surface area contributed by atoms with Crippen molar-refractivity contribution in [1.29, 1.82) is 0 Å². The van der Waals surface area contributed by atoms with Crippen molar-refractivity contribution in [3.05, 3.63) is 12.2 Å². The zero-order valence-electron chi connectivity index (χ0n) is 10.5. The third-order valence-corrected chi connectivity index (χ3v) is 3.57. The van der Waals surface area contributed by atoms with Crippen LogP contribution in [0.25, 0.3) is 0 Å². The average molecular weight is 238 g/mol. The second kappa shape index (κ2) is 6.17. The summed E-state index contributed by atoms with van der Waals surface area (Å²) in [6, 6.07) is 0.0803. The molecule has 1 aliphatic carbocycles. The van der Waals surface area contributed by atoms with Crippen LogP contribution in [0.15, 0.2) is 12.2 Å². The molecule has 0 saturated carbocycles. The smallest absolute Gasteiger partial charge is 0.242 e. The Hall–Kier alpha value is -0.870. The molecule has 4 nitrogen and oxygen atoms in total. The number of rotatable bonds is 2. The van der Waals surface area contributed by atoms with Crippen molar-refractivity contribution in [3.8, 4) is 0 Å². The van der Waals surface area contributed by atoms with Gasteiger partial charge in [-0.2, -0.15) is 0 Å². The van der Waals surface area contributed by atoms with Crippen molar-refractivity contribution >= 4 is 5.91 Å². The van der Waals surface area contributed by atoms with Crippen molar-refractivity contribution < 1.29 is 9.53 Å². The van der Waals surface area contributed by atoms with E-state index in [1.54, 1.807) is 0 Å². The van der Waals surface area contributed by atoms with E-state index >= 15 is 0 Å². The van der Waals surface area contributed by atoms with Crippen LogP contribution in [0.3, 0.4) is 0 Å². The first kappa shape index (κ1) is 12.6. The lowest BCUT2D eigenvalue weighted by Gasteiger charge is -2.29. The van der Waals surface area contributed by atoms with Crippen molar-refractivity contribution in [2.75, 3.05) is 26.8 Å². The minimum atomic E-state index is -0.186. The minimum Gasteiger partial charge on any atom is -0.377 e. The van der Waals surface area contributed by atoms with Crippen molar-refractivity contribution in [1.82, 2.24) is 10.2 Å². The van der Waals surface area contributed by atoms with Crippen molar-refractivity contribution in [2.45, 2.75) is 37.8 Å². The van der Waals surface area contributed by atoms with Crippen LogP contribution in [0.1, 0.15) is 25.7 Å². The zero-order chi connectivity index (χ0) is 12.1. The fraction of sp³-hybridized carbons (Fsp3) is 0.769. The average Bonchev–Trinajstić information content (AvgIpc) is 2.69. The van der Waals surface area contributed by atoms with Gasteiger partial charge in [-0.05, 0) is 26.3 Å². The molecule has 1 aliphatic heterocycles. The Morgan fingerprint density at radius 3 is 3.18 bits per heavy atom. The Balaban J connectivity index is 2.08. The van der Waals surface area contributed by atoms with E-state index in [9.17, 15) is 4.79 Å². The lowest BCUT2D eigenvalue weighted by atomic mass is 10.1. The van der Waals surface area contributed by atoms with Gasteiger partial charge in [0, 0.05) is 6.54 Å². The summed E-state index contributed by atoms with van der Waals surface area (Å²) in [5.41, 5.74) is 0. The number of nitrogens with one attached hydrogen (secondary N) is 1. The van der Waals surface area contributed by atoms with Gasteiger partial charge in [0.05, 0.1) is 19.3 Å². The van der Waals surface area contributed by atoms with Crippen LogP contribution in [0.4, 0.5) is 0 Å². The summed E-state index contributed by atoms with van der Waals surface area (Å²) >= 11 is 0. The second-order valence-electron chi connectivity index (χ2n) is 4.73.